The van der Waals surface area contributed by atoms with Crippen LogP contribution in [0.1, 0.15) is 31.9 Å². The average Bonchev–Trinajstić information content (AvgIpc) is 2.32. The highest BCUT2D eigenvalue weighted by Gasteiger charge is 2.17. The largest absolute Gasteiger partial charge is 0.444 e. The highest BCUT2D eigenvalue weighted by molar-refractivity contribution is 7.14. The van der Waals surface area contributed by atoms with Crippen LogP contribution in [0.2, 0.25) is 0 Å². The molecule has 15 heavy (non-hydrogen) atoms. The lowest BCUT2D eigenvalue weighted by atomic mass is 10.2. The fraction of sp³-hybridized carbons (Fsp3) is 0.455. The number of hydrogen-bond acceptors (Lipinski definition) is 3. The summed E-state index contributed by atoms with van der Waals surface area (Å²) >= 11 is 1.46. The number of nitrogens with one attached hydrogen (secondary N) is 1. The minimum Gasteiger partial charge on any atom is -0.444 e. The van der Waals surface area contributed by atoms with Crippen molar-refractivity contribution < 1.29 is 9.53 Å². The van der Waals surface area contributed by atoms with Crippen LogP contribution in [-0.2, 0) is 4.74 Å². The number of amides is 1. The molecule has 0 fully saturated rings. The van der Waals surface area contributed by atoms with Gasteiger partial charge in [0.2, 0.25) is 0 Å². The van der Waals surface area contributed by atoms with Gasteiger partial charge in [-0.1, -0.05) is 0 Å². The summed E-state index contributed by atoms with van der Waals surface area (Å²) in [7, 11) is 0. The van der Waals surface area contributed by atoms with Crippen molar-refractivity contribution in [1.82, 2.24) is 0 Å². The third-order valence-corrected chi connectivity index (χ3v) is 2.80. The fourth-order valence-electron chi connectivity index (χ4n) is 0.972. The highest BCUT2D eigenvalue weighted by Crippen LogP contribution is 2.26. The molecule has 1 N–H and O–H groups in total. The molecule has 0 bridgehead atoms. The van der Waals surface area contributed by atoms with Gasteiger partial charge in [-0.05, 0) is 51.1 Å². The van der Waals surface area contributed by atoms with Crippen LogP contribution in [-0.4, -0.2) is 11.7 Å². The molecule has 1 aromatic heterocycles. The third-order valence-electron chi connectivity index (χ3n) is 1.76. The summed E-state index contributed by atoms with van der Waals surface area (Å²) in [4.78, 5) is 11.4. The molecule has 0 aliphatic heterocycles. The second kappa shape index (κ2) is 4.23. The molecule has 0 spiro atoms. The zero-order valence-corrected chi connectivity index (χ0v) is 10.3. The first-order chi connectivity index (χ1) is 6.79. The normalized spacial score (nSPS) is 11.3. The Morgan fingerprint density at radius 2 is 2.13 bits per heavy atom. The molecule has 0 atom stereocenters. The summed E-state index contributed by atoms with van der Waals surface area (Å²) in [6, 6.07) is 0. The van der Waals surface area contributed by atoms with Crippen LogP contribution in [0, 0.1) is 13.8 Å². The summed E-state index contributed by atoms with van der Waals surface area (Å²) in [5, 5.41) is 5.41. The van der Waals surface area contributed by atoms with Crippen LogP contribution in [0.4, 0.5) is 9.80 Å². The maximum absolute atomic E-state index is 11.4. The van der Waals surface area contributed by atoms with Crippen molar-refractivity contribution in [3.05, 3.63) is 23.4 Å². The Labute approximate surface area is 94.5 Å². The van der Waals surface area contributed by atoms with Crippen molar-refractivity contribution >= 4 is 22.4 Å². The van der Waals surface area contributed by atoms with Crippen LogP contribution in [0.5, 0.6) is 0 Å². The van der Waals surface area contributed by atoms with Crippen LogP contribution in [0.3, 0.4) is 0 Å². The van der Waals surface area contributed by atoms with E-state index in [-0.39, 0.29) is 0 Å². The van der Waals surface area contributed by atoms with Gasteiger partial charge in [-0.25, -0.2) is 4.79 Å². The Morgan fingerprint density at radius 3 is 2.53 bits per heavy atom. The van der Waals surface area contributed by atoms with Crippen LogP contribution in [0.15, 0.2) is 5.38 Å². The minimum atomic E-state index is -0.470. The van der Waals surface area contributed by atoms with Gasteiger partial charge in [0, 0.05) is 0 Å². The molecule has 0 aliphatic rings. The van der Waals surface area contributed by atoms with E-state index in [9.17, 15) is 4.79 Å². The first-order valence-electron chi connectivity index (χ1n) is 4.69. The summed E-state index contributed by atoms with van der Waals surface area (Å²) in [6.07, 6.45) is -0.424. The number of anilines is 1. The first kappa shape index (κ1) is 12.0. The number of thiophene rings is 1. The van der Waals surface area contributed by atoms with Gasteiger partial charge in [0.25, 0.3) is 0 Å². The predicted molar refractivity (Wildman–Crippen MR) is 63.4 cm³/mol. The van der Waals surface area contributed by atoms with Crippen LogP contribution >= 0.6 is 11.3 Å². The van der Waals surface area contributed by atoms with E-state index in [1.165, 1.54) is 11.3 Å². The lowest BCUT2D eigenvalue weighted by Crippen LogP contribution is -2.27. The van der Waals surface area contributed by atoms with Gasteiger partial charge in [-0.3, -0.25) is 5.32 Å². The Bertz CT molecular complexity index is 363. The molecule has 1 rings (SSSR count). The van der Waals surface area contributed by atoms with Gasteiger partial charge in [0.05, 0.1) is 0 Å². The zero-order chi connectivity index (χ0) is 11.6. The van der Waals surface area contributed by atoms with Gasteiger partial charge >= 0.3 is 6.09 Å². The molecule has 0 saturated heterocycles. The Hall–Kier alpha value is -1.03. The molecule has 83 valence electrons. The molecule has 0 aromatic carbocycles. The molecule has 3 nitrogen and oxygen atoms in total. The van der Waals surface area contributed by atoms with Crippen molar-refractivity contribution in [3.8, 4) is 0 Å². The SMILES string of the molecule is [CH2]c1csc(NC(=O)OC(C)(C)C)c1C. The second-order valence-corrected chi connectivity index (χ2v) is 5.22. The van der Waals surface area contributed by atoms with Gasteiger partial charge in [0.1, 0.15) is 10.6 Å². The van der Waals surface area contributed by atoms with Crippen molar-refractivity contribution in [1.29, 1.82) is 0 Å². The third kappa shape index (κ3) is 3.55. The van der Waals surface area contributed by atoms with E-state index < -0.39 is 11.7 Å². The Kier molecular flexibility index (Phi) is 3.39. The lowest BCUT2D eigenvalue weighted by Gasteiger charge is -2.19. The smallest absolute Gasteiger partial charge is 0.412 e. The highest BCUT2D eigenvalue weighted by atomic mass is 32.1. The molecular formula is C11H16NO2S. The van der Waals surface area contributed by atoms with Gasteiger partial charge < -0.3 is 4.74 Å². The molecular weight excluding hydrogens is 210 g/mol. The minimum absolute atomic E-state index is 0.424. The molecule has 0 aliphatic carbocycles. The molecule has 1 aromatic rings. The summed E-state index contributed by atoms with van der Waals surface area (Å²) in [5.74, 6) is 0. The van der Waals surface area contributed by atoms with E-state index in [4.69, 9.17) is 4.74 Å². The zero-order valence-electron chi connectivity index (χ0n) is 9.51. The molecule has 0 saturated carbocycles. The average molecular weight is 226 g/mol. The fourth-order valence-corrected chi connectivity index (χ4v) is 1.86. The summed E-state index contributed by atoms with van der Waals surface area (Å²) < 4.78 is 5.14. The monoisotopic (exact) mass is 226 g/mol. The topological polar surface area (TPSA) is 38.3 Å². The number of hydrogen-bond donors (Lipinski definition) is 1. The van der Waals surface area contributed by atoms with Crippen LogP contribution < -0.4 is 5.32 Å². The van der Waals surface area contributed by atoms with E-state index in [0.29, 0.717) is 0 Å². The first-order valence-corrected chi connectivity index (χ1v) is 5.57. The lowest BCUT2D eigenvalue weighted by molar-refractivity contribution is 0.0636. The van der Waals surface area contributed by atoms with Crippen molar-refractivity contribution in [3.63, 3.8) is 0 Å². The van der Waals surface area contributed by atoms with E-state index in [1.54, 1.807) is 0 Å². The van der Waals surface area contributed by atoms with Gasteiger partial charge in [-0.2, -0.15) is 0 Å². The van der Waals surface area contributed by atoms with Crippen molar-refractivity contribution in [2.45, 2.75) is 33.3 Å². The van der Waals surface area contributed by atoms with E-state index in [2.05, 4.69) is 12.2 Å². The number of carbonyl (C=O) groups excluding carboxylic acids is 1. The number of carbonyl (C=O) groups is 1. The van der Waals surface area contributed by atoms with Crippen molar-refractivity contribution in [2.75, 3.05) is 5.32 Å². The Balaban J connectivity index is 2.63. The maximum atomic E-state index is 11.4. The molecule has 0 unspecified atom stereocenters. The predicted octanol–water partition coefficient (Wildman–Crippen LogP) is 3.59. The van der Waals surface area contributed by atoms with Crippen molar-refractivity contribution in [2.24, 2.45) is 0 Å². The van der Waals surface area contributed by atoms with E-state index >= 15 is 0 Å². The maximum Gasteiger partial charge on any atom is 0.412 e. The molecule has 1 heterocycles. The van der Waals surface area contributed by atoms with E-state index in [0.717, 1.165) is 16.1 Å². The van der Waals surface area contributed by atoms with E-state index in [1.807, 2.05) is 33.1 Å². The standard InChI is InChI=1S/C11H16NO2S/c1-7-6-15-9(8(7)2)12-10(13)14-11(3,4)5/h6H,1H2,2-5H3,(H,12,13). The van der Waals surface area contributed by atoms with Crippen LogP contribution in [0.25, 0.3) is 0 Å². The molecule has 1 radical (unpaired) electrons. The van der Waals surface area contributed by atoms with Gasteiger partial charge in [-0.15, -0.1) is 11.3 Å². The van der Waals surface area contributed by atoms with Gasteiger partial charge in [0.15, 0.2) is 0 Å². The quantitative estimate of drug-likeness (QED) is 0.794. The molecule has 1 amide bonds. The number of rotatable bonds is 1. The number of ether oxygens (including phenoxy) is 1. The second-order valence-electron chi connectivity index (χ2n) is 4.34. The summed E-state index contributed by atoms with van der Waals surface area (Å²) in [5.41, 5.74) is 1.46. The molecule has 4 heteroatoms. The Morgan fingerprint density at radius 1 is 1.53 bits per heavy atom. The summed E-state index contributed by atoms with van der Waals surface area (Å²) in [6.45, 7) is 11.3.